The van der Waals surface area contributed by atoms with E-state index in [0.29, 0.717) is 23.6 Å². The summed E-state index contributed by atoms with van der Waals surface area (Å²) in [5.41, 5.74) is 0. The summed E-state index contributed by atoms with van der Waals surface area (Å²) in [5.74, 6) is -0.375. The number of aliphatic hydroxyl groups excluding tert-OH is 1. The van der Waals surface area contributed by atoms with Crippen molar-refractivity contribution in [3.8, 4) is 0 Å². The number of hydrogen-bond donors (Lipinski definition) is 1. The summed E-state index contributed by atoms with van der Waals surface area (Å²) in [4.78, 5) is 14.6. The van der Waals surface area contributed by atoms with Gasteiger partial charge in [0.2, 0.25) is 5.91 Å². The van der Waals surface area contributed by atoms with Crippen LogP contribution in [-0.4, -0.2) is 60.9 Å². The summed E-state index contributed by atoms with van der Waals surface area (Å²) >= 11 is 1.20. The molecule has 1 N–H and O–H groups in total. The molecule has 2 aliphatic rings. The van der Waals surface area contributed by atoms with Crippen molar-refractivity contribution in [3.63, 3.8) is 0 Å². The number of rotatable bonds is 4. The smallest absolute Gasteiger partial charge is 0.252 e. The molecule has 1 amide bonds. The predicted octanol–water partition coefficient (Wildman–Crippen LogP) is 1.91. The van der Waals surface area contributed by atoms with Crippen LogP contribution >= 0.6 is 11.3 Å². The Kier molecular flexibility index (Phi) is 5.82. The molecule has 2 fully saturated rings. The molecule has 1 saturated heterocycles. The molecule has 1 aliphatic heterocycles. The zero-order valence-corrected chi connectivity index (χ0v) is 16.1. The largest absolute Gasteiger partial charge is 0.391 e. The minimum absolute atomic E-state index is 0.0444. The van der Waals surface area contributed by atoms with Crippen LogP contribution in [0.15, 0.2) is 21.7 Å². The number of sulfonamides is 1. The zero-order valence-electron chi connectivity index (χ0n) is 14.5. The Morgan fingerprint density at radius 1 is 1.28 bits per heavy atom. The monoisotopic (exact) mass is 386 g/mol. The number of aliphatic hydroxyl groups is 1. The van der Waals surface area contributed by atoms with Crippen molar-refractivity contribution in [1.29, 1.82) is 0 Å². The van der Waals surface area contributed by atoms with E-state index in [1.807, 2.05) is 0 Å². The Balaban J connectivity index is 1.69. The Morgan fingerprint density at radius 3 is 2.72 bits per heavy atom. The molecule has 0 unspecified atom stereocenters. The highest BCUT2D eigenvalue weighted by Crippen LogP contribution is 2.29. The Labute approximate surface area is 153 Å². The second-order valence-corrected chi connectivity index (χ2v) is 10.1. The molecule has 25 heavy (non-hydrogen) atoms. The van der Waals surface area contributed by atoms with Gasteiger partial charge in [-0.15, -0.1) is 11.3 Å². The summed E-state index contributed by atoms with van der Waals surface area (Å²) in [6.45, 7) is 0.687. The first-order valence-electron chi connectivity index (χ1n) is 8.89. The molecule has 0 radical (unpaired) electrons. The average Bonchev–Trinajstić information content (AvgIpc) is 3.16. The summed E-state index contributed by atoms with van der Waals surface area (Å²) in [7, 11) is -1.77. The van der Waals surface area contributed by atoms with Gasteiger partial charge in [-0.1, -0.05) is 18.9 Å². The molecule has 0 bridgehead atoms. The van der Waals surface area contributed by atoms with Gasteiger partial charge < -0.3 is 10.0 Å². The molecular weight excluding hydrogens is 360 g/mol. The number of carbonyl (C=O) groups excluding carboxylic acids is 1. The summed E-state index contributed by atoms with van der Waals surface area (Å²) in [6.07, 6.45) is 4.46. The molecular formula is C17H26N2O4S2. The van der Waals surface area contributed by atoms with Crippen LogP contribution in [0.1, 0.15) is 38.5 Å². The molecule has 6 nitrogen and oxygen atoms in total. The van der Waals surface area contributed by atoms with Crippen molar-refractivity contribution in [2.24, 2.45) is 5.92 Å². The molecule has 1 aliphatic carbocycles. The lowest BCUT2D eigenvalue weighted by molar-refractivity contribution is -0.140. The van der Waals surface area contributed by atoms with Gasteiger partial charge in [0, 0.05) is 20.1 Å². The van der Waals surface area contributed by atoms with Gasteiger partial charge in [0.05, 0.1) is 18.1 Å². The molecule has 3 atom stereocenters. The van der Waals surface area contributed by atoms with E-state index in [0.717, 1.165) is 25.7 Å². The van der Waals surface area contributed by atoms with Crippen molar-refractivity contribution in [3.05, 3.63) is 17.5 Å². The predicted molar refractivity (Wildman–Crippen MR) is 96.8 cm³/mol. The number of nitrogens with zero attached hydrogens (tertiary/aromatic N) is 2. The second kappa shape index (κ2) is 7.73. The molecule has 3 rings (SSSR count). The molecule has 2 heterocycles. The van der Waals surface area contributed by atoms with Crippen LogP contribution in [0.3, 0.4) is 0 Å². The van der Waals surface area contributed by atoms with Gasteiger partial charge in [-0.05, 0) is 37.1 Å². The molecule has 8 heteroatoms. The fourth-order valence-corrected chi connectivity index (χ4v) is 6.56. The first-order valence-corrected chi connectivity index (χ1v) is 11.2. The lowest BCUT2D eigenvalue weighted by Gasteiger charge is -2.39. The minimum Gasteiger partial charge on any atom is -0.391 e. The van der Waals surface area contributed by atoms with Crippen LogP contribution in [0.4, 0.5) is 0 Å². The number of thiophene rings is 1. The lowest BCUT2D eigenvalue weighted by Crippen LogP contribution is -2.51. The first kappa shape index (κ1) is 18.8. The van der Waals surface area contributed by atoms with Crippen LogP contribution in [0.5, 0.6) is 0 Å². The van der Waals surface area contributed by atoms with Crippen LogP contribution in [0.25, 0.3) is 0 Å². The fraction of sp³-hybridized carbons (Fsp3) is 0.706. The topological polar surface area (TPSA) is 77.9 Å². The Hall–Kier alpha value is -0.960. The van der Waals surface area contributed by atoms with Gasteiger partial charge in [-0.2, -0.15) is 4.31 Å². The minimum atomic E-state index is -3.51. The number of amides is 1. The highest BCUT2D eigenvalue weighted by Gasteiger charge is 2.37. The van der Waals surface area contributed by atoms with Gasteiger partial charge in [0.25, 0.3) is 10.0 Å². The maximum Gasteiger partial charge on any atom is 0.252 e. The van der Waals surface area contributed by atoms with E-state index in [-0.39, 0.29) is 24.4 Å². The molecule has 1 aromatic rings. The van der Waals surface area contributed by atoms with Gasteiger partial charge in [-0.3, -0.25) is 4.79 Å². The quantitative estimate of drug-likeness (QED) is 0.857. The maximum atomic E-state index is 12.9. The third-order valence-electron chi connectivity index (χ3n) is 5.36. The van der Waals surface area contributed by atoms with Crippen molar-refractivity contribution in [2.45, 2.75) is 54.9 Å². The van der Waals surface area contributed by atoms with Gasteiger partial charge in [0.1, 0.15) is 4.21 Å². The van der Waals surface area contributed by atoms with Crippen LogP contribution in [-0.2, 0) is 14.8 Å². The molecule has 0 spiro atoms. The van der Waals surface area contributed by atoms with Crippen molar-refractivity contribution in [1.82, 2.24) is 9.21 Å². The number of piperidine rings is 1. The van der Waals surface area contributed by atoms with E-state index in [1.54, 1.807) is 29.5 Å². The Bertz CT molecular complexity index is 690. The van der Waals surface area contributed by atoms with Crippen LogP contribution < -0.4 is 0 Å². The standard InChI is InChI=1S/C17H26N2O4S2/c1-18(14-7-2-3-8-15(14)20)17(21)13-6-4-10-19(12-13)25(22,23)16-9-5-11-24-16/h5,9,11,13-15,20H,2-4,6-8,10,12H2,1H3/t13-,14-,15-/m1/s1. The summed E-state index contributed by atoms with van der Waals surface area (Å²) in [5, 5.41) is 11.9. The van der Waals surface area contributed by atoms with Gasteiger partial charge in [-0.25, -0.2) is 8.42 Å². The van der Waals surface area contributed by atoms with E-state index in [2.05, 4.69) is 0 Å². The van der Waals surface area contributed by atoms with Gasteiger partial charge in [0.15, 0.2) is 0 Å². The summed E-state index contributed by atoms with van der Waals surface area (Å²) in [6, 6.07) is 3.18. The number of carbonyl (C=O) groups is 1. The zero-order chi connectivity index (χ0) is 18.0. The van der Waals surface area contributed by atoms with Crippen LogP contribution in [0.2, 0.25) is 0 Å². The summed E-state index contributed by atoms with van der Waals surface area (Å²) < 4.78 is 27.2. The highest BCUT2D eigenvalue weighted by molar-refractivity contribution is 7.91. The number of hydrogen-bond acceptors (Lipinski definition) is 5. The molecule has 1 saturated carbocycles. The molecule has 0 aromatic carbocycles. The third-order valence-corrected chi connectivity index (χ3v) is 8.60. The SMILES string of the molecule is CN(C(=O)[C@@H]1CCCN(S(=O)(=O)c2cccs2)C1)[C@@H]1CCCC[C@H]1O. The molecule has 140 valence electrons. The third kappa shape index (κ3) is 3.92. The second-order valence-electron chi connectivity index (χ2n) is 7.00. The average molecular weight is 387 g/mol. The fourth-order valence-electron chi connectivity index (χ4n) is 3.89. The van der Waals surface area contributed by atoms with Crippen molar-refractivity contribution >= 4 is 27.3 Å². The van der Waals surface area contributed by atoms with Crippen LogP contribution in [0, 0.1) is 5.92 Å². The van der Waals surface area contributed by atoms with E-state index in [1.165, 1.54) is 15.6 Å². The van der Waals surface area contributed by atoms with E-state index in [4.69, 9.17) is 0 Å². The van der Waals surface area contributed by atoms with Gasteiger partial charge >= 0.3 is 0 Å². The Morgan fingerprint density at radius 2 is 2.04 bits per heavy atom. The van der Waals surface area contributed by atoms with E-state index >= 15 is 0 Å². The lowest BCUT2D eigenvalue weighted by atomic mass is 9.90. The maximum absolute atomic E-state index is 12.9. The normalized spacial score (nSPS) is 28.6. The van der Waals surface area contributed by atoms with E-state index < -0.39 is 16.1 Å². The van der Waals surface area contributed by atoms with Crippen molar-refractivity contribution < 1.29 is 18.3 Å². The number of likely N-dealkylation sites (N-methyl/N-ethyl adjacent to an activating group) is 1. The van der Waals surface area contributed by atoms with E-state index in [9.17, 15) is 18.3 Å². The van der Waals surface area contributed by atoms with Crippen molar-refractivity contribution in [2.75, 3.05) is 20.1 Å². The molecule has 1 aromatic heterocycles. The highest BCUT2D eigenvalue weighted by atomic mass is 32.2. The first-order chi connectivity index (χ1) is 11.9.